The molecule has 0 radical (unpaired) electrons. The third kappa shape index (κ3) is 6.28. The second kappa shape index (κ2) is 13.8. The molecular weight excluding hydrogens is 646 g/mol. The molecule has 0 spiro atoms. The molecule has 0 unspecified atom stereocenters. The minimum Gasteiger partial charge on any atom is -0.481 e. The van der Waals surface area contributed by atoms with Gasteiger partial charge in [-0.05, 0) is 48.2 Å². The van der Waals surface area contributed by atoms with Gasteiger partial charge in [-0.15, -0.1) is 11.3 Å². The first-order valence-corrected chi connectivity index (χ1v) is 16.2. The van der Waals surface area contributed by atoms with Crippen molar-refractivity contribution >= 4 is 40.8 Å². The Hall–Kier alpha value is -4.73. The van der Waals surface area contributed by atoms with Gasteiger partial charge in [-0.2, -0.15) is 0 Å². The molecule has 12 nitrogen and oxygen atoms in total. The first kappa shape index (κ1) is 33.2. The highest BCUT2D eigenvalue weighted by Crippen LogP contribution is 2.37. The zero-order chi connectivity index (χ0) is 34.1. The molecule has 3 aromatic rings. The maximum Gasteiger partial charge on any atom is 0.338 e. The van der Waals surface area contributed by atoms with Crippen LogP contribution in [0, 0.1) is 18.6 Å². The number of hydrogen-bond acceptors (Lipinski definition) is 10. The number of carboxylic acids is 1. The Labute approximate surface area is 279 Å². The van der Waals surface area contributed by atoms with Crippen LogP contribution in [0.3, 0.4) is 0 Å². The molecule has 0 saturated carbocycles. The number of urea groups is 1. The number of esters is 1. The number of aryl methyl sites for hydroxylation is 1. The first-order valence-electron chi connectivity index (χ1n) is 15.4. The minimum absolute atomic E-state index is 0.00576. The quantitative estimate of drug-likeness (QED) is 0.275. The van der Waals surface area contributed by atoms with E-state index >= 15 is 0 Å². The number of nitrogens with one attached hydrogen (secondary N) is 1. The van der Waals surface area contributed by atoms with Gasteiger partial charge in [0, 0.05) is 55.6 Å². The molecule has 252 valence electrons. The van der Waals surface area contributed by atoms with Gasteiger partial charge in [-0.25, -0.2) is 23.4 Å². The van der Waals surface area contributed by atoms with E-state index in [0.717, 1.165) is 11.6 Å². The Morgan fingerprint density at radius 2 is 1.92 bits per heavy atom. The molecule has 1 aromatic heterocycles. The summed E-state index contributed by atoms with van der Waals surface area (Å²) in [6, 6.07) is 7.46. The Bertz CT molecular complexity index is 1780. The van der Waals surface area contributed by atoms with Crippen molar-refractivity contribution in [2.45, 2.75) is 37.9 Å². The molecule has 3 aliphatic heterocycles. The van der Waals surface area contributed by atoms with Crippen LogP contribution in [0.4, 0.5) is 19.3 Å². The lowest BCUT2D eigenvalue weighted by atomic mass is 9.91. The van der Waals surface area contributed by atoms with Gasteiger partial charge in [0.2, 0.25) is 0 Å². The number of carbonyl (C=O) groups is 3. The summed E-state index contributed by atoms with van der Waals surface area (Å²) in [5.41, 5.74) is 2.31. The lowest BCUT2D eigenvalue weighted by Crippen LogP contribution is -2.61. The predicted molar refractivity (Wildman–Crippen MR) is 173 cm³/mol. The molecule has 4 heterocycles. The van der Waals surface area contributed by atoms with E-state index in [1.54, 1.807) is 45.6 Å². The van der Waals surface area contributed by atoms with Gasteiger partial charge in [0.25, 0.3) is 0 Å². The van der Waals surface area contributed by atoms with E-state index in [1.807, 2.05) is 4.90 Å². The molecule has 3 aliphatic rings. The second-order valence-corrected chi connectivity index (χ2v) is 12.6. The normalized spacial score (nSPS) is 21.2. The third-order valence-corrected chi connectivity index (χ3v) is 9.83. The number of amides is 2. The number of rotatable bonds is 10. The molecule has 2 aromatic carbocycles. The summed E-state index contributed by atoms with van der Waals surface area (Å²) in [5.74, 6) is -3.30. The zero-order valence-electron chi connectivity index (χ0n) is 26.2. The predicted octanol–water partition coefficient (Wildman–Crippen LogP) is 3.25. The fourth-order valence-electron chi connectivity index (χ4n) is 6.55. The van der Waals surface area contributed by atoms with E-state index in [0.29, 0.717) is 48.3 Å². The Balaban J connectivity index is 1.31. The number of halogens is 2. The van der Waals surface area contributed by atoms with E-state index < -0.39 is 35.7 Å². The van der Waals surface area contributed by atoms with Gasteiger partial charge < -0.3 is 25.2 Å². The van der Waals surface area contributed by atoms with Crippen molar-refractivity contribution < 1.29 is 38.1 Å². The Kier molecular flexibility index (Phi) is 9.53. The summed E-state index contributed by atoms with van der Waals surface area (Å²) >= 11 is 1.31. The van der Waals surface area contributed by atoms with Crippen LogP contribution in [0.1, 0.15) is 34.2 Å². The fraction of sp³-hybridized carbons (Fsp3) is 0.364. The van der Waals surface area contributed by atoms with Crippen LogP contribution in [-0.2, 0) is 20.7 Å². The number of thiazole rings is 1. The monoisotopic (exact) mass is 680 g/mol. The number of methoxy groups -OCH3 is 1. The fourth-order valence-corrected chi connectivity index (χ4v) is 7.14. The summed E-state index contributed by atoms with van der Waals surface area (Å²) in [6.45, 7) is 2.29. The molecule has 3 atom stereocenters. The van der Waals surface area contributed by atoms with Gasteiger partial charge >= 0.3 is 18.0 Å². The number of nitrogens with zero attached hydrogens (tertiary/aromatic N) is 5. The van der Waals surface area contributed by atoms with E-state index in [4.69, 9.17) is 14.8 Å². The number of fused-ring (bicyclic) bond motifs is 1. The summed E-state index contributed by atoms with van der Waals surface area (Å²) in [6.07, 6.45) is 1.99. The smallest absolute Gasteiger partial charge is 0.338 e. The maximum atomic E-state index is 14.8. The van der Waals surface area contributed by atoms with Crippen molar-refractivity contribution in [1.29, 1.82) is 0 Å². The molecule has 2 saturated heterocycles. The van der Waals surface area contributed by atoms with Gasteiger partial charge in [0.15, 0.2) is 22.5 Å². The third-order valence-electron chi connectivity index (χ3n) is 9.05. The van der Waals surface area contributed by atoms with Crippen LogP contribution in [-0.4, -0.2) is 101 Å². The summed E-state index contributed by atoms with van der Waals surface area (Å²) < 4.78 is 34.1. The molecule has 3 N–H and O–H groups in total. The van der Waals surface area contributed by atoms with Gasteiger partial charge in [-0.3, -0.25) is 19.6 Å². The largest absolute Gasteiger partial charge is 0.481 e. The van der Waals surface area contributed by atoms with Crippen LogP contribution in [0.5, 0.6) is 0 Å². The minimum atomic E-state index is -1.04. The highest BCUT2D eigenvalue weighted by atomic mass is 32.1. The van der Waals surface area contributed by atoms with E-state index in [9.17, 15) is 28.3 Å². The number of anilines is 1. The van der Waals surface area contributed by atoms with Crippen molar-refractivity contribution in [1.82, 2.24) is 20.1 Å². The second-order valence-electron chi connectivity index (χ2n) is 11.7. The number of benzene rings is 2. The molecule has 15 heteroatoms. The van der Waals surface area contributed by atoms with Crippen LogP contribution < -0.4 is 10.2 Å². The van der Waals surface area contributed by atoms with E-state index in [2.05, 4.69) is 10.3 Å². The average molecular weight is 681 g/mol. The highest BCUT2D eigenvalue weighted by Gasteiger charge is 2.47. The van der Waals surface area contributed by atoms with Crippen molar-refractivity contribution in [3.05, 3.63) is 92.6 Å². The standard InChI is InChI=1S/C33H34F2N6O6S/c1-18-21(8-9-22(34)28(18)35)29-27(32(45)47-2)23(37-30(38-29)31-36-11-14-48-31)15-39-12-13-40-24(25(39)17-42)16-41(33(40)46)20-6-3-19(4-7-20)5-10-26(43)44/h3-4,6-9,11,14,24-25,29,42H,5,10,12-13,15-17H2,1-2H3,(H,37,38)(H,43,44)/t24-,25-,29+/m1/s1. The van der Waals surface area contributed by atoms with E-state index in [-0.39, 0.29) is 48.3 Å². The van der Waals surface area contributed by atoms with Crippen molar-refractivity contribution in [2.75, 3.05) is 44.8 Å². The topological polar surface area (TPSA) is 148 Å². The van der Waals surface area contributed by atoms with Crippen LogP contribution in [0.25, 0.3) is 0 Å². The molecule has 2 fully saturated rings. The van der Waals surface area contributed by atoms with Crippen molar-refractivity contribution in [2.24, 2.45) is 4.99 Å². The molecule has 0 bridgehead atoms. The highest BCUT2D eigenvalue weighted by molar-refractivity contribution is 7.11. The SMILES string of the molecule is COC(=O)C1=C(CN2CCN3C(=O)N(c4ccc(CCC(=O)O)cc4)C[C@@H]3[C@H]2CO)NC(c2nccs2)=N[C@H]1c1ccc(F)c(F)c1C. The number of carboxylic acid groups (broad SMARTS) is 1. The number of amidine groups is 1. The van der Waals surface area contributed by atoms with E-state index in [1.165, 1.54) is 31.4 Å². The van der Waals surface area contributed by atoms with Crippen molar-refractivity contribution in [3.8, 4) is 0 Å². The zero-order valence-corrected chi connectivity index (χ0v) is 27.0. The van der Waals surface area contributed by atoms with Crippen LogP contribution in [0.15, 0.2) is 64.2 Å². The maximum absolute atomic E-state index is 14.8. The molecule has 2 amide bonds. The van der Waals surface area contributed by atoms with Gasteiger partial charge in [0.1, 0.15) is 6.04 Å². The number of aromatic nitrogens is 1. The van der Waals surface area contributed by atoms with Crippen molar-refractivity contribution in [3.63, 3.8) is 0 Å². The Morgan fingerprint density at radius 3 is 2.58 bits per heavy atom. The van der Waals surface area contributed by atoms with Gasteiger partial charge in [0.05, 0.1) is 31.4 Å². The summed E-state index contributed by atoms with van der Waals surface area (Å²) in [5, 5.41) is 25.2. The number of aliphatic hydroxyl groups is 1. The Morgan fingerprint density at radius 1 is 1.15 bits per heavy atom. The number of carbonyl (C=O) groups excluding carboxylic acids is 2. The number of aliphatic imine (C=N–C) groups is 1. The molecular formula is C33H34F2N6O6S. The number of piperazine rings is 1. The summed E-state index contributed by atoms with van der Waals surface area (Å²) in [4.78, 5) is 52.4. The van der Waals surface area contributed by atoms with Crippen LogP contribution >= 0.6 is 11.3 Å². The lowest BCUT2D eigenvalue weighted by Gasteiger charge is -2.43. The molecule has 48 heavy (non-hydrogen) atoms. The number of aliphatic hydroxyl groups excluding tert-OH is 1. The number of ether oxygens (including phenoxy) is 1. The summed E-state index contributed by atoms with van der Waals surface area (Å²) in [7, 11) is 1.23. The van der Waals surface area contributed by atoms with Crippen LogP contribution in [0.2, 0.25) is 0 Å². The number of aliphatic carboxylic acids is 1. The lowest BCUT2D eigenvalue weighted by molar-refractivity contribution is -0.137. The molecule has 6 rings (SSSR count). The number of hydrogen-bond donors (Lipinski definition) is 3. The molecule has 0 aliphatic carbocycles. The first-order chi connectivity index (χ1) is 23.1. The van der Waals surface area contributed by atoms with Gasteiger partial charge in [-0.1, -0.05) is 18.2 Å². The average Bonchev–Trinajstić information content (AvgIpc) is 3.74.